The summed E-state index contributed by atoms with van der Waals surface area (Å²) in [7, 11) is 0. The predicted octanol–water partition coefficient (Wildman–Crippen LogP) is 2.79. The molecule has 0 fully saturated rings. The topological polar surface area (TPSA) is 29.1 Å². The highest BCUT2D eigenvalue weighted by Crippen LogP contribution is 2.00. The standard InChI is InChI=1S/C14H15N.CH2O/c1-3-7-13(8-4-1)11-15-12-14-9-5-2-6-10-14;1-2/h1-10,15H,11-12H2;1H2. The Morgan fingerprint density at radius 2 is 1.06 bits per heavy atom. The molecular weight excluding hydrogens is 210 g/mol. The summed E-state index contributed by atoms with van der Waals surface area (Å²) in [4.78, 5) is 8.00. The molecule has 0 radical (unpaired) electrons. The first-order chi connectivity index (χ1) is 8.45. The lowest BCUT2D eigenvalue weighted by Crippen LogP contribution is -2.12. The largest absolute Gasteiger partial charge is 0.309 e. The van der Waals surface area contributed by atoms with E-state index in [4.69, 9.17) is 4.79 Å². The predicted molar refractivity (Wildman–Crippen MR) is 70.5 cm³/mol. The van der Waals surface area contributed by atoms with Gasteiger partial charge in [-0.05, 0) is 11.1 Å². The van der Waals surface area contributed by atoms with Crippen molar-refractivity contribution in [2.24, 2.45) is 0 Å². The number of hydrogen-bond donors (Lipinski definition) is 1. The number of hydrogen-bond acceptors (Lipinski definition) is 2. The van der Waals surface area contributed by atoms with Crippen molar-refractivity contribution >= 4 is 6.79 Å². The molecule has 2 rings (SSSR count). The molecule has 0 bridgehead atoms. The van der Waals surface area contributed by atoms with Gasteiger partial charge in [-0.3, -0.25) is 0 Å². The molecule has 0 saturated heterocycles. The maximum Gasteiger partial charge on any atom is 0.106 e. The van der Waals surface area contributed by atoms with E-state index >= 15 is 0 Å². The molecule has 1 N–H and O–H groups in total. The van der Waals surface area contributed by atoms with Gasteiger partial charge in [0, 0.05) is 13.1 Å². The second-order valence-corrected chi connectivity index (χ2v) is 3.57. The van der Waals surface area contributed by atoms with Crippen LogP contribution in [-0.4, -0.2) is 6.79 Å². The number of nitrogens with one attached hydrogen (secondary N) is 1. The van der Waals surface area contributed by atoms with Gasteiger partial charge in [0.1, 0.15) is 6.79 Å². The number of rotatable bonds is 4. The van der Waals surface area contributed by atoms with Crippen LogP contribution in [0, 0.1) is 0 Å². The normalized spacial score (nSPS) is 9.18. The van der Waals surface area contributed by atoms with Gasteiger partial charge in [-0.15, -0.1) is 0 Å². The molecule has 0 atom stereocenters. The van der Waals surface area contributed by atoms with Crippen LogP contribution in [0.2, 0.25) is 0 Å². The summed E-state index contributed by atoms with van der Waals surface area (Å²) in [5.74, 6) is 0. The smallest absolute Gasteiger partial charge is 0.106 e. The van der Waals surface area contributed by atoms with Crippen molar-refractivity contribution in [3.05, 3.63) is 71.8 Å². The van der Waals surface area contributed by atoms with Crippen LogP contribution in [0.1, 0.15) is 11.1 Å². The molecule has 2 nitrogen and oxygen atoms in total. The van der Waals surface area contributed by atoms with Crippen molar-refractivity contribution in [3.63, 3.8) is 0 Å². The highest BCUT2D eigenvalue weighted by Gasteiger charge is 1.92. The first kappa shape index (κ1) is 13.1. The highest BCUT2D eigenvalue weighted by molar-refractivity contribution is 5.16. The fourth-order valence-electron chi connectivity index (χ4n) is 1.54. The molecular formula is C15H17NO. The lowest BCUT2D eigenvalue weighted by atomic mass is 10.2. The number of benzene rings is 2. The average molecular weight is 227 g/mol. The third-order valence-electron chi connectivity index (χ3n) is 2.34. The Morgan fingerprint density at radius 3 is 1.41 bits per heavy atom. The molecule has 0 unspecified atom stereocenters. The lowest BCUT2D eigenvalue weighted by molar-refractivity contribution is -0.0979. The summed E-state index contributed by atoms with van der Waals surface area (Å²) in [6.07, 6.45) is 0. The Labute approximate surface area is 102 Å². The van der Waals surface area contributed by atoms with E-state index in [1.165, 1.54) is 11.1 Å². The fourth-order valence-corrected chi connectivity index (χ4v) is 1.54. The van der Waals surface area contributed by atoms with Gasteiger partial charge in [-0.1, -0.05) is 60.7 Å². The van der Waals surface area contributed by atoms with E-state index in [0.29, 0.717) is 0 Å². The second-order valence-electron chi connectivity index (χ2n) is 3.57. The van der Waals surface area contributed by atoms with Crippen molar-refractivity contribution in [3.8, 4) is 0 Å². The summed E-state index contributed by atoms with van der Waals surface area (Å²) in [6.45, 7) is 3.85. The van der Waals surface area contributed by atoms with Crippen LogP contribution in [0.15, 0.2) is 60.7 Å². The SMILES string of the molecule is C=O.c1ccc(CNCc2ccccc2)cc1. The lowest BCUT2D eigenvalue weighted by Gasteiger charge is -2.04. The van der Waals surface area contributed by atoms with Gasteiger partial charge in [-0.2, -0.15) is 0 Å². The monoisotopic (exact) mass is 227 g/mol. The first-order valence-corrected chi connectivity index (χ1v) is 5.52. The zero-order valence-electron chi connectivity index (χ0n) is 9.80. The van der Waals surface area contributed by atoms with Gasteiger partial charge in [0.05, 0.1) is 0 Å². The number of carbonyl (C=O) groups excluding carboxylic acids is 1. The molecule has 2 aromatic rings. The Bertz CT molecular complexity index is 360. The Balaban J connectivity index is 0.000000686. The van der Waals surface area contributed by atoms with Gasteiger partial charge in [0.25, 0.3) is 0 Å². The minimum absolute atomic E-state index is 0.926. The molecule has 2 aromatic carbocycles. The van der Waals surface area contributed by atoms with Crippen LogP contribution in [-0.2, 0) is 17.9 Å². The third-order valence-corrected chi connectivity index (χ3v) is 2.34. The van der Waals surface area contributed by atoms with E-state index in [1.807, 2.05) is 18.9 Å². The summed E-state index contributed by atoms with van der Waals surface area (Å²) >= 11 is 0. The molecule has 88 valence electrons. The summed E-state index contributed by atoms with van der Waals surface area (Å²) < 4.78 is 0. The maximum atomic E-state index is 8.00. The van der Waals surface area contributed by atoms with E-state index in [0.717, 1.165) is 13.1 Å². The van der Waals surface area contributed by atoms with Gasteiger partial charge in [0.2, 0.25) is 0 Å². The van der Waals surface area contributed by atoms with E-state index in [1.54, 1.807) is 0 Å². The highest BCUT2D eigenvalue weighted by atomic mass is 16.1. The van der Waals surface area contributed by atoms with E-state index in [-0.39, 0.29) is 0 Å². The molecule has 0 saturated carbocycles. The van der Waals surface area contributed by atoms with Crippen molar-refractivity contribution in [1.29, 1.82) is 0 Å². The minimum atomic E-state index is 0.926. The quantitative estimate of drug-likeness (QED) is 0.870. The van der Waals surface area contributed by atoms with Crippen molar-refractivity contribution in [1.82, 2.24) is 5.32 Å². The van der Waals surface area contributed by atoms with Crippen molar-refractivity contribution < 1.29 is 4.79 Å². The molecule has 0 amide bonds. The molecule has 0 spiro atoms. The van der Waals surface area contributed by atoms with Gasteiger partial charge in [0.15, 0.2) is 0 Å². The summed E-state index contributed by atoms with van der Waals surface area (Å²) in [6, 6.07) is 20.9. The van der Waals surface area contributed by atoms with Crippen LogP contribution in [0.4, 0.5) is 0 Å². The molecule has 0 aliphatic carbocycles. The van der Waals surface area contributed by atoms with Gasteiger partial charge >= 0.3 is 0 Å². The maximum absolute atomic E-state index is 8.00. The third kappa shape index (κ3) is 5.09. The van der Waals surface area contributed by atoms with Crippen LogP contribution < -0.4 is 5.32 Å². The first-order valence-electron chi connectivity index (χ1n) is 5.52. The molecule has 0 aliphatic heterocycles. The van der Waals surface area contributed by atoms with E-state index in [9.17, 15) is 0 Å². The van der Waals surface area contributed by atoms with E-state index < -0.39 is 0 Å². The Morgan fingerprint density at radius 1 is 0.706 bits per heavy atom. The zero-order chi connectivity index (χ0) is 12.3. The summed E-state index contributed by atoms with van der Waals surface area (Å²) in [5, 5.41) is 3.42. The summed E-state index contributed by atoms with van der Waals surface area (Å²) in [5.41, 5.74) is 2.65. The molecule has 0 heterocycles. The minimum Gasteiger partial charge on any atom is -0.309 e. The molecule has 0 aliphatic rings. The second kappa shape index (κ2) is 8.25. The Hall–Kier alpha value is -1.93. The Kier molecular flexibility index (Phi) is 6.37. The van der Waals surface area contributed by atoms with E-state index in [2.05, 4.69) is 53.8 Å². The van der Waals surface area contributed by atoms with Crippen LogP contribution in [0.5, 0.6) is 0 Å². The fraction of sp³-hybridized carbons (Fsp3) is 0.133. The van der Waals surface area contributed by atoms with Crippen LogP contribution in [0.25, 0.3) is 0 Å². The average Bonchev–Trinajstić information content (AvgIpc) is 2.43. The van der Waals surface area contributed by atoms with Crippen LogP contribution in [0.3, 0.4) is 0 Å². The van der Waals surface area contributed by atoms with Crippen LogP contribution >= 0.6 is 0 Å². The molecule has 17 heavy (non-hydrogen) atoms. The van der Waals surface area contributed by atoms with Gasteiger partial charge < -0.3 is 10.1 Å². The van der Waals surface area contributed by atoms with Crippen molar-refractivity contribution in [2.45, 2.75) is 13.1 Å². The molecule has 0 aromatic heterocycles. The zero-order valence-corrected chi connectivity index (χ0v) is 9.80. The number of carbonyl (C=O) groups is 1. The van der Waals surface area contributed by atoms with Crippen molar-refractivity contribution in [2.75, 3.05) is 0 Å². The van der Waals surface area contributed by atoms with Gasteiger partial charge in [-0.25, -0.2) is 0 Å². The molecule has 2 heteroatoms.